The molecule has 2 N–H and O–H groups in total. The number of rotatable bonds is 7. The largest absolute Gasteiger partial charge is 0.481 e. The predicted octanol–water partition coefficient (Wildman–Crippen LogP) is 4.55. The molecule has 0 bridgehead atoms. The zero-order valence-corrected chi connectivity index (χ0v) is 19.7. The fraction of sp³-hybridized carbons (Fsp3) is 0.840. The lowest BCUT2D eigenvalue weighted by molar-refractivity contribution is -0.261. The normalized spacial score (nSPS) is 41.2. The van der Waals surface area contributed by atoms with E-state index in [1.54, 1.807) is 6.92 Å². The van der Waals surface area contributed by atoms with E-state index >= 15 is 0 Å². The number of carboxylic acids is 1. The number of esters is 1. The second-order valence-electron chi connectivity index (χ2n) is 10.6. The van der Waals surface area contributed by atoms with Gasteiger partial charge in [-0.1, -0.05) is 46.6 Å². The summed E-state index contributed by atoms with van der Waals surface area (Å²) in [6.45, 7) is 10.6. The molecule has 2 saturated carbocycles. The number of allylic oxidation sites excluding steroid dienone is 1. The lowest BCUT2D eigenvalue weighted by Crippen LogP contribution is -2.59. The topological polar surface area (TPSA) is 93.1 Å². The highest BCUT2D eigenvalue weighted by atomic mass is 16.6. The average Bonchev–Trinajstić information content (AvgIpc) is 2.98. The highest BCUT2D eigenvalue weighted by Crippen LogP contribution is 2.61. The number of aliphatic hydroxyl groups is 1. The molecule has 0 aromatic carbocycles. The molecule has 2 aliphatic carbocycles. The Morgan fingerprint density at radius 2 is 1.97 bits per heavy atom. The van der Waals surface area contributed by atoms with Crippen LogP contribution in [-0.4, -0.2) is 40.6 Å². The molecule has 0 spiro atoms. The van der Waals surface area contributed by atoms with Gasteiger partial charge in [0.05, 0.1) is 12.5 Å². The first-order valence-electron chi connectivity index (χ1n) is 12.0. The highest BCUT2D eigenvalue weighted by Gasteiger charge is 2.63. The van der Waals surface area contributed by atoms with Gasteiger partial charge in [0.2, 0.25) is 0 Å². The molecule has 3 fully saturated rings. The van der Waals surface area contributed by atoms with Crippen molar-refractivity contribution in [2.45, 2.75) is 91.5 Å². The molecule has 31 heavy (non-hydrogen) atoms. The van der Waals surface area contributed by atoms with Gasteiger partial charge >= 0.3 is 11.9 Å². The molecule has 1 aliphatic heterocycles. The van der Waals surface area contributed by atoms with Crippen molar-refractivity contribution < 1.29 is 29.3 Å². The first-order chi connectivity index (χ1) is 14.5. The summed E-state index contributed by atoms with van der Waals surface area (Å²) in [6, 6.07) is 0. The fourth-order valence-electron chi connectivity index (χ4n) is 6.39. The molecule has 0 amide bonds. The van der Waals surface area contributed by atoms with Crippen LogP contribution < -0.4 is 0 Å². The number of hydrogen-bond donors (Lipinski definition) is 2. The molecule has 176 valence electrons. The van der Waals surface area contributed by atoms with Crippen molar-refractivity contribution in [3.05, 3.63) is 11.6 Å². The van der Waals surface area contributed by atoms with Crippen molar-refractivity contribution in [1.29, 1.82) is 0 Å². The summed E-state index contributed by atoms with van der Waals surface area (Å²) >= 11 is 0. The van der Waals surface area contributed by atoms with Gasteiger partial charge in [-0.05, 0) is 49.9 Å². The van der Waals surface area contributed by atoms with E-state index in [1.807, 2.05) is 13.0 Å². The van der Waals surface area contributed by atoms with Crippen LogP contribution in [0.1, 0.15) is 79.6 Å². The van der Waals surface area contributed by atoms with Gasteiger partial charge in [-0.15, -0.1) is 0 Å². The van der Waals surface area contributed by atoms with Gasteiger partial charge in [0, 0.05) is 23.8 Å². The van der Waals surface area contributed by atoms with E-state index < -0.39 is 29.2 Å². The molecule has 1 heterocycles. The number of aliphatic carboxylic acids is 1. The number of hydrogen-bond acceptors (Lipinski definition) is 5. The van der Waals surface area contributed by atoms with Gasteiger partial charge < -0.3 is 19.7 Å². The van der Waals surface area contributed by atoms with E-state index in [1.165, 1.54) is 0 Å². The molecule has 1 unspecified atom stereocenters. The highest BCUT2D eigenvalue weighted by molar-refractivity contribution is 5.88. The number of ether oxygens (including phenoxy) is 2. The van der Waals surface area contributed by atoms with Gasteiger partial charge in [-0.2, -0.15) is 0 Å². The van der Waals surface area contributed by atoms with Crippen LogP contribution in [-0.2, 0) is 19.1 Å². The van der Waals surface area contributed by atoms with Crippen molar-refractivity contribution >= 4 is 11.9 Å². The number of carbonyl (C=O) groups excluding carboxylic acids is 1. The average molecular weight is 437 g/mol. The van der Waals surface area contributed by atoms with Crippen molar-refractivity contribution in [1.82, 2.24) is 0 Å². The lowest BCUT2D eigenvalue weighted by atomic mass is 9.50. The summed E-state index contributed by atoms with van der Waals surface area (Å²) in [6.07, 6.45) is 6.72. The minimum Gasteiger partial charge on any atom is -0.481 e. The fourth-order valence-corrected chi connectivity index (χ4v) is 6.39. The van der Waals surface area contributed by atoms with E-state index in [0.29, 0.717) is 43.8 Å². The Bertz CT molecular complexity index is 717. The summed E-state index contributed by atoms with van der Waals surface area (Å²) in [5, 5.41) is 21.1. The Morgan fingerprint density at radius 1 is 1.26 bits per heavy atom. The third-order valence-electron chi connectivity index (χ3n) is 8.29. The first kappa shape index (κ1) is 24.2. The summed E-state index contributed by atoms with van der Waals surface area (Å²) in [4.78, 5) is 25.0. The maximum atomic E-state index is 12.9. The zero-order chi connectivity index (χ0) is 23.0. The summed E-state index contributed by atoms with van der Waals surface area (Å²) in [5.74, 6) is -2.74. The van der Waals surface area contributed by atoms with Crippen LogP contribution >= 0.6 is 0 Å². The summed E-state index contributed by atoms with van der Waals surface area (Å²) in [7, 11) is 0. The maximum absolute atomic E-state index is 12.9. The second-order valence-corrected chi connectivity index (χ2v) is 10.6. The lowest BCUT2D eigenvalue weighted by Gasteiger charge is -2.56. The van der Waals surface area contributed by atoms with Crippen molar-refractivity contribution in [2.75, 3.05) is 6.61 Å². The van der Waals surface area contributed by atoms with E-state index in [4.69, 9.17) is 9.47 Å². The number of fused-ring (bicyclic) bond motifs is 2. The third kappa shape index (κ3) is 4.70. The van der Waals surface area contributed by atoms with Crippen LogP contribution in [0.25, 0.3) is 0 Å². The SMILES string of the molecule is CCCCC(C)/C=C(/C)C(=O)O[C@@H]1CC[C@H](C(=O)O)[C@@]2(C)C[C@H]3[C@H](C)CO[C@]3(O)C[C@H]12. The second kappa shape index (κ2) is 9.22. The van der Waals surface area contributed by atoms with Gasteiger partial charge in [0.15, 0.2) is 5.79 Å². The summed E-state index contributed by atoms with van der Waals surface area (Å²) < 4.78 is 11.8. The van der Waals surface area contributed by atoms with Crippen LogP contribution in [0.4, 0.5) is 0 Å². The van der Waals surface area contributed by atoms with Gasteiger partial charge in [0.1, 0.15) is 6.10 Å². The van der Waals surface area contributed by atoms with Crippen LogP contribution in [0.2, 0.25) is 0 Å². The Morgan fingerprint density at radius 3 is 2.61 bits per heavy atom. The molecule has 8 atom stereocenters. The number of carbonyl (C=O) groups is 2. The number of carboxylic acid groups (broad SMARTS) is 1. The Hall–Kier alpha value is -1.40. The molecule has 3 rings (SSSR count). The Kier molecular flexibility index (Phi) is 7.21. The van der Waals surface area contributed by atoms with E-state index in [9.17, 15) is 19.8 Å². The molecule has 1 saturated heterocycles. The predicted molar refractivity (Wildman–Crippen MR) is 117 cm³/mol. The van der Waals surface area contributed by atoms with Crippen molar-refractivity contribution in [3.8, 4) is 0 Å². The molecule has 0 aromatic rings. The number of unbranched alkanes of at least 4 members (excludes halogenated alkanes) is 1. The van der Waals surface area contributed by atoms with Crippen LogP contribution in [0, 0.1) is 35.0 Å². The van der Waals surface area contributed by atoms with Crippen LogP contribution in [0.3, 0.4) is 0 Å². The van der Waals surface area contributed by atoms with Crippen LogP contribution in [0.15, 0.2) is 11.6 Å². The van der Waals surface area contributed by atoms with Crippen LogP contribution in [0.5, 0.6) is 0 Å². The molecule has 0 aromatic heterocycles. The molecule has 6 heteroatoms. The minimum absolute atomic E-state index is 0.0916. The quantitative estimate of drug-likeness (QED) is 0.449. The standard InChI is InChI=1S/C25H40O6/c1-6-7-8-15(2)11-16(3)23(28)31-21-10-9-18(22(26)27)24(5)12-19-17(4)14-30-25(19,29)13-20(21)24/h11,15,17-21,29H,6-10,12-14H2,1-5H3,(H,26,27)/b16-11-/t15?,17-,18-,19+,20-,21-,24-,25-/m1/s1. The van der Waals surface area contributed by atoms with E-state index in [-0.39, 0.29) is 23.7 Å². The molecular formula is C25H40O6. The molecule has 3 aliphatic rings. The third-order valence-corrected chi connectivity index (χ3v) is 8.29. The Balaban J connectivity index is 1.80. The molecule has 6 nitrogen and oxygen atoms in total. The zero-order valence-electron chi connectivity index (χ0n) is 19.7. The van der Waals surface area contributed by atoms with E-state index in [2.05, 4.69) is 20.8 Å². The molecular weight excluding hydrogens is 396 g/mol. The summed E-state index contributed by atoms with van der Waals surface area (Å²) in [5.41, 5.74) is 0.0590. The maximum Gasteiger partial charge on any atom is 0.333 e. The van der Waals surface area contributed by atoms with Gasteiger partial charge in [-0.25, -0.2) is 4.79 Å². The van der Waals surface area contributed by atoms with Gasteiger partial charge in [0.25, 0.3) is 0 Å². The smallest absolute Gasteiger partial charge is 0.333 e. The van der Waals surface area contributed by atoms with Crippen molar-refractivity contribution in [2.24, 2.45) is 35.0 Å². The first-order valence-corrected chi connectivity index (χ1v) is 12.0. The monoisotopic (exact) mass is 436 g/mol. The van der Waals surface area contributed by atoms with Gasteiger partial charge in [-0.3, -0.25) is 4.79 Å². The van der Waals surface area contributed by atoms with E-state index in [0.717, 1.165) is 19.3 Å². The minimum atomic E-state index is -1.26. The Labute approximate surface area is 186 Å². The van der Waals surface area contributed by atoms with Crippen molar-refractivity contribution in [3.63, 3.8) is 0 Å². The molecule has 0 radical (unpaired) electrons.